The third-order valence-electron chi connectivity index (χ3n) is 1.25. The number of aliphatic hydroxyl groups is 3. The summed E-state index contributed by atoms with van der Waals surface area (Å²) >= 11 is 0. The summed E-state index contributed by atoms with van der Waals surface area (Å²) in [6.07, 6.45) is 3.83. The van der Waals surface area contributed by atoms with E-state index < -0.39 is 0 Å². The van der Waals surface area contributed by atoms with E-state index in [1.807, 2.05) is 0 Å². The second kappa shape index (κ2) is 17.3. The molecule has 0 aliphatic rings. The molecule has 0 bridgehead atoms. The van der Waals surface area contributed by atoms with Gasteiger partial charge in [0.05, 0.1) is 56.3 Å². The van der Waals surface area contributed by atoms with Gasteiger partial charge in [-0.05, 0) is 20.8 Å². The maximum atomic E-state index is 8.40. The fourth-order valence-corrected chi connectivity index (χ4v) is 0.907. The molecule has 0 aromatic heterocycles. The molecule has 7 heteroatoms. The number of hydrogen-bond acceptors (Lipinski definition) is 3. The fourth-order valence-electron chi connectivity index (χ4n) is 0.907. The average molecular weight is 369 g/mol. The zero-order valence-electron chi connectivity index (χ0n) is 14.1. The smallest absolute Gasteiger partial charge is 0.512 e. The summed E-state index contributed by atoms with van der Waals surface area (Å²) in [7, 11) is 0. The van der Waals surface area contributed by atoms with Crippen LogP contribution in [0.5, 0.6) is 0 Å². The van der Waals surface area contributed by atoms with Crippen molar-refractivity contribution < 1.29 is 49.2 Å². The van der Waals surface area contributed by atoms with Crippen LogP contribution >= 0.6 is 0 Å². The van der Waals surface area contributed by atoms with Crippen LogP contribution in [0.3, 0.4) is 0 Å². The Balaban J connectivity index is -0.000000108. The Morgan fingerprint density at radius 2 is 0.682 bits per heavy atom. The van der Waals surface area contributed by atoms with Gasteiger partial charge in [-0.25, -0.2) is 0 Å². The summed E-state index contributed by atoms with van der Waals surface area (Å²) in [5, 5.41) is 25.2. The fraction of sp³-hybridized carbons (Fsp3) is 0.400. The summed E-state index contributed by atoms with van der Waals surface area (Å²) in [5.74, 6) is 0.750. The quantitative estimate of drug-likeness (QED) is 0.307. The Kier molecular flexibility index (Phi) is 22.4. The zero-order valence-corrected chi connectivity index (χ0v) is 17.1. The normalized spacial score (nSPS) is 10.9. The van der Waals surface area contributed by atoms with Gasteiger partial charge in [0, 0.05) is 0 Å². The van der Waals surface area contributed by atoms with Crippen molar-refractivity contribution in [1.82, 2.24) is 0 Å². The Labute approximate surface area is 144 Å². The molecule has 0 heterocycles. The monoisotopic (exact) mass is 367 g/mol. The van der Waals surface area contributed by atoms with Gasteiger partial charge in [-0.3, -0.25) is 14.4 Å². The molecule has 0 spiro atoms. The first-order chi connectivity index (χ1) is 9.38. The number of hydrogen-bond donors (Lipinski definition) is 3. The summed E-state index contributed by atoms with van der Waals surface area (Å²) < 4.78 is 0. The topological polar surface area (TPSA) is 125 Å². The molecule has 6 N–H and O–H groups in total. The van der Waals surface area contributed by atoms with Crippen LogP contribution in [0, 0.1) is 0 Å². The largest absolute Gasteiger partial charge is 2.00 e. The molecule has 0 amide bonds. The number of aliphatic hydroxyl groups excluding tert-OH is 3. The standard InChI is InChI=1S/3C5H8O2.Zn/c3*1-4(6)3-5(2)7;/h3*3,6H,1-2H3;/q;;;+2/p+3/b3*4-3-;. The zero-order chi connectivity index (χ0) is 17.6. The summed E-state index contributed by atoms with van der Waals surface area (Å²) in [6.45, 7) is 9.00. The minimum absolute atomic E-state index is 0. The van der Waals surface area contributed by atoms with Crippen molar-refractivity contribution in [1.29, 1.82) is 0 Å². The van der Waals surface area contributed by atoms with Crippen molar-refractivity contribution in [3.8, 4) is 0 Å². The van der Waals surface area contributed by atoms with E-state index in [1.54, 1.807) is 0 Å². The van der Waals surface area contributed by atoms with Gasteiger partial charge < -0.3 is 15.3 Å². The molecule has 22 heavy (non-hydrogen) atoms. The van der Waals surface area contributed by atoms with Crippen LogP contribution in [-0.4, -0.2) is 47.1 Å². The van der Waals surface area contributed by atoms with Gasteiger partial charge in [0.2, 0.25) is 0 Å². The van der Waals surface area contributed by atoms with Crippen LogP contribution in [0.1, 0.15) is 41.5 Å². The predicted molar refractivity (Wildman–Crippen MR) is 87.0 cm³/mol. The number of rotatable bonds is 3. The second-order valence-electron chi connectivity index (χ2n) is 4.28. The maximum Gasteiger partial charge on any atom is 2.00 e. The summed E-state index contributed by atoms with van der Waals surface area (Å²) in [5.41, 5.74) is 0. The Morgan fingerprint density at radius 3 is 0.682 bits per heavy atom. The van der Waals surface area contributed by atoms with Crippen LogP contribution < -0.4 is 0 Å². The van der Waals surface area contributed by atoms with E-state index in [4.69, 9.17) is 29.7 Å². The van der Waals surface area contributed by atoms with E-state index in [2.05, 4.69) is 0 Å². The summed E-state index contributed by atoms with van der Waals surface area (Å²) in [4.78, 5) is 25.2. The van der Waals surface area contributed by atoms with Crippen molar-refractivity contribution in [3.05, 3.63) is 35.5 Å². The molecule has 0 aliphatic heterocycles. The molecule has 0 aromatic rings. The third-order valence-corrected chi connectivity index (χ3v) is 1.25. The number of ketones is 3. The van der Waals surface area contributed by atoms with E-state index in [-0.39, 0.29) is 54.1 Å². The average Bonchev–Trinajstić information content (AvgIpc) is 2.10. The van der Waals surface area contributed by atoms with Gasteiger partial charge in [0.15, 0.2) is 0 Å². The Morgan fingerprint density at radius 1 is 0.545 bits per heavy atom. The van der Waals surface area contributed by atoms with Gasteiger partial charge in [-0.1, -0.05) is 0 Å². The minimum Gasteiger partial charge on any atom is -0.512 e. The molecule has 0 aromatic carbocycles. The van der Waals surface area contributed by atoms with Crippen molar-refractivity contribution in [2.75, 3.05) is 0 Å². The molecule has 0 saturated carbocycles. The first kappa shape index (κ1) is 28.4. The van der Waals surface area contributed by atoms with Crippen molar-refractivity contribution in [3.63, 3.8) is 0 Å². The first-order valence-corrected chi connectivity index (χ1v) is 6.07. The molecule has 120 valence electrons. The SMILES string of the molecule is CC(=[OH+])/C=C(/C)O.CC(=[OH+])/C=C(/C)O.CC(=[OH+])/C=C(/C)O.[Zn+2]. The molecule has 0 fully saturated rings. The predicted octanol–water partition coefficient (Wildman–Crippen LogP) is 3.04. The molecule has 0 saturated heterocycles. The van der Waals surface area contributed by atoms with Gasteiger partial charge in [0.25, 0.3) is 0 Å². The van der Waals surface area contributed by atoms with E-state index in [1.165, 1.54) is 59.8 Å². The molecule has 0 aliphatic carbocycles. The van der Waals surface area contributed by atoms with E-state index >= 15 is 0 Å². The Hall–Kier alpha value is -1.75. The summed E-state index contributed by atoms with van der Waals surface area (Å²) in [6, 6.07) is 0. The van der Waals surface area contributed by atoms with Gasteiger partial charge in [0.1, 0.15) is 0 Å². The van der Waals surface area contributed by atoms with Crippen LogP contribution in [-0.2, 0) is 19.5 Å². The van der Waals surface area contributed by atoms with Crippen LogP contribution in [0.15, 0.2) is 35.5 Å². The van der Waals surface area contributed by atoms with Gasteiger partial charge in [-0.2, -0.15) is 0 Å². The van der Waals surface area contributed by atoms with Crippen LogP contribution in [0.4, 0.5) is 0 Å². The molecular formula is C15H27O6Zn+5. The third kappa shape index (κ3) is 51.7. The first-order valence-electron chi connectivity index (χ1n) is 6.07. The molecule has 0 radical (unpaired) electrons. The molecule has 0 atom stereocenters. The van der Waals surface area contributed by atoms with Gasteiger partial charge in [-0.15, -0.1) is 0 Å². The molecular weight excluding hydrogens is 342 g/mol. The van der Waals surface area contributed by atoms with Crippen LogP contribution in [0.25, 0.3) is 0 Å². The molecule has 6 nitrogen and oxygen atoms in total. The van der Waals surface area contributed by atoms with E-state index in [9.17, 15) is 0 Å². The van der Waals surface area contributed by atoms with Crippen molar-refractivity contribution in [2.45, 2.75) is 41.5 Å². The van der Waals surface area contributed by atoms with Crippen molar-refractivity contribution in [2.24, 2.45) is 0 Å². The maximum absolute atomic E-state index is 8.40. The Bertz CT molecular complexity index is 368. The number of carbonyl (C=O) groups excluding carboxylic acids is 3. The van der Waals surface area contributed by atoms with Gasteiger partial charge >= 0.3 is 36.8 Å². The molecule has 0 rings (SSSR count). The molecule has 0 unspecified atom stereocenters. The van der Waals surface area contributed by atoms with E-state index in [0.29, 0.717) is 0 Å². The second-order valence-corrected chi connectivity index (χ2v) is 4.28. The van der Waals surface area contributed by atoms with Crippen LogP contribution in [0.2, 0.25) is 0 Å². The van der Waals surface area contributed by atoms with Crippen molar-refractivity contribution >= 4 is 17.3 Å². The minimum atomic E-state index is 0. The number of allylic oxidation sites excluding steroid dienone is 6. The van der Waals surface area contributed by atoms with E-state index in [0.717, 1.165) is 0 Å².